The maximum Gasteiger partial charge on any atom is 0.224 e. The number of hydrogen-bond donors (Lipinski definition) is 1. The lowest BCUT2D eigenvalue weighted by molar-refractivity contribution is -0.127. The highest BCUT2D eigenvalue weighted by atomic mass is 32.2. The highest BCUT2D eigenvalue weighted by molar-refractivity contribution is 7.89. The Morgan fingerprint density at radius 1 is 1.06 bits per heavy atom. The molecule has 0 spiro atoms. The molecule has 0 aromatic heterocycles. The average molecular weight is 457 g/mol. The van der Waals surface area contributed by atoms with Crippen molar-refractivity contribution in [3.05, 3.63) is 71.8 Å². The molecule has 2 atom stereocenters. The standard InChI is InChI=1S/C26H36N2O3S/c1-21(2)19-25(23-14-7-4-8-15-23)27-26(29)24-16-9-17-28(20-24)32(30,31)18-10-13-22-11-5-3-6-12-22/h3-8,11-12,14-15,21,24-25H,9-10,13,16-20H2,1-2H3,(H,27,29)/t24-,25-/m0/s1. The van der Waals surface area contributed by atoms with Crippen molar-refractivity contribution < 1.29 is 13.2 Å². The summed E-state index contributed by atoms with van der Waals surface area (Å²) in [7, 11) is -3.37. The van der Waals surface area contributed by atoms with Crippen LogP contribution in [0.1, 0.15) is 56.7 Å². The molecule has 1 aliphatic heterocycles. The fourth-order valence-electron chi connectivity index (χ4n) is 4.37. The molecular formula is C26H36N2O3S. The number of nitrogens with one attached hydrogen (secondary N) is 1. The number of amides is 1. The number of nitrogens with zero attached hydrogens (tertiary/aromatic N) is 1. The molecule has 0 bridgehead atoms. The zero-order chi connectivity index (χ0) is 23.0. The van der Waals surface area contributed by atoms with Crippen molar-refractivity contribution in [3.63, 3.8) is 0 Å². The Kier molecular flexibility index (Phi) is 8.88. The first-order valence-electron chi connectivity index (χ1n) is 11.7. The van der Waals surface area contributed by atoms with Gasteiger partial charge in [-0.3, -0.25) is 4.79 Å². The average Bonchev–Trinajstić information content (AvgIpc) is 2.79. The summed E-state index contributed by atoms with van der Waals surface area (Å²) in [6.07, 6.45) is 3.63. The van der Waals surface area contributed by atoms with Crippen molar-refractivity contribution in [1.82, 2.24) is 9.62 Å². The molecule has 0 aliphatic carbocycles. The summed E-state index contributed by atoms with van der Waals surface area (Å²) >= 11 is 0. The van der Waals surface area contributed by atoms with Crippen LogP contribution in [0.2, 0.25) is 0 Å². The van der Waals surface area contributed by atoms with Crippen molar-refractivity contribution in [1.29, 1.82) is 0 Å². The SMILES string of the molecule is CC(C)C[C@H](NC(=O)[C@H]1CCCN(S(=O)(=O)CCCc2ccccc2)C1)c1ccccc1. The number of sulfonamides is 1. The van der Waals surface area contributed by atoms with Crippen molar-refractivity contribution in [2.24, 2.45) is 11.8 Å². The summed E-state index contributed by atoms with van der Waals surface area (Å²) in [6.45, 7) is 5.08. The van der Waals surface area contributed by atoms with E-state index in [1.807, 2.05) is 60.7 Å². The van der Waals surface area contributed by atoms with Gasteiger partial charge in [0.15, 0.2) is 0 Å². The number of aryl methyl sites for hydroxylation is 1. The van der Waals surface area contributed by atoms with Crippen LogP contribution in [0, 0.1) is 11.8 Å². The summed E-state index contributed by atoms with van der Waals surface area (Å²) in [5.74, 6) is 0.221. The minimum atomic E-state index is -3.37. The van der Waals surface area contributed by atoms with E-state index in [0.717, 1.165) is 36.8 Å². The summed E-state index contributed by atoms with van der Waals surface area (Å²) in [5, 5.41) is 3.21. The Morgan fingerprint density at radius 3 is 2.38 bits per heavy atom. The van der Waals surface area contributed by atoms with E-state index in [2.05, 4.69) is 19.2 Å². The Bertz CT molecular complexity index is 946. The van der Waals surface area contributed by atoms with E-state index in [-0.39, 0.29) is 30.2 Å². The van der Waals surface area contributed by atoms with Gasteiger partial charge in [0.1, 0.15) is 0 Å². The van der Waals surface area contributed by atoms with Crippen LogP contribution in [0.4, 0.5) is 0 Å². The minimum absolute atomic E-state index is 0.0383. The highest BCUT2D eigenvalue weighted by Gasteiger charge is 2.33. The van der Waals surface area contributed by atoms with Crippen LogP contribution in [0.25, 0.3) is 0 Å². The molecule has 1 amide bonds. The predicted octanol–water partition coefficient (Wildman–Crippen LogP) is 4.56. The van der Waals surface area contributed by atoms with Crippen LogP contribution < -0.4 is 5.32 Å². The van der Waals surface area contributed by atoms with E-state index in [1.54, 1.807) is 0 Å². The molecule has 32 heavy (non-hydrogen) atoms. The smallest absolute Gasteiger partial charge is 0.224 e. The third kappa shape index (κ3) is 7.17. The maximum atomic E-state index is 13.1. The molecule has 1 fully saturated rings. The molecule has 6 heteroatoms. The van der Waals surface area contributed by atoms with E-state index in [0.29, 0.717) is 18.9 Å². The quantitative estimate of drug-likeness (QED) is 0.570. The molecular weight excluding hydrogens is 420 g/mol. The lowest BCUT2D eigenvalue weighted by atomic mass is 9.94. The Labute approximate surface area is 193 Å². The molecule has 0 unspecified atom stereocenters. The number of piperidine rings is 1. The topological polar surface area (TPSA) is 66.5 Å². The number of hydrogen-bond acceptors (Lipinski definition) is 3. The van der Waals surface area contributed by atoms with Gasteiger partial charge in [0.2, 0.25) is 15.9 Å². The van der Waals surface area contributed by atoms with Gasteiger partial charge in [-0.1, -0.05) is 74.5 Å². The van der Waals surface area contributed by atoms with Crippen molar-refractivity contribution in [2.75, 3.05) is 18.8 Å². The van der Waals surface area contributed by atoms with Crippen LogP contribution in [0.15, 0.2) is 60.7 Å². The van der Waals surface area contributed by atoms with Crippen LogP contribution in [-0.2, 0) is 21.2 Å². The number of benzene rings is 2. The first kappa shape index (κ1) is 24.5. The molecule has 1 N–H and O–H groups in total. The lowest BCUT2D eigenvalue weighted by Gasteiger charge is -2.32. The lowest BCUT2D eigenvalue weighted by Crippen LogP contribution is -2.46. The first-order chi connectivity index (χ1) is 15.3. The van der Waals surface area contributed by atoms with Gasteiger partial charge in [-0.2, -0.15) is 0 Å². The van der Waals surface area contributed by atoms with Gasteiger partial charge in [0.05, 0.1) is 17.7 Å². The van der Waals surface area contributed by atoms with Gasteiger partial charge < -0.3 is 5.32 Å². The third-order valence-corrected chi connectivity index (χ3v) is 8.01. The highest BCUT2D eigenvalue weighted by Crippen LogP contribution is 2.25. The van der Waals surface area contributed by atoms with Crippen LogP contribution in [0.3, 0.4) is 0 Å². The largest absolute Gasteiger partial charge is 0.349 e. The van der Waals surface area contributed by atoms with Gasteiger partial charge in [-0.05, 0) is 49.1 Å². The van der Waals surface area contributed by atoms with Gasteiger partial charge in [0, 0.05) is 13.1 Å². The third-order valence-electron chi connectivity index (χ3n) is 6.08. The summed E-state index contributed by atoms with van der Waals surface area (Å²) < 4.78 is 27.4. The molecule has 1 saturated heterocycles. The molecule has 5 nitrogen and oxygen atoms in total. The summed E-state index contributed by atoms with van der Waals surface area (Å²) in [6, 6.07) is 19.9. The Hall–Kier alpha value is -2.18. The molecule has 1 aliphatic rings. The normalized spacial score (nSPS) is 18.4. The second-order valence-electron chi connectivity index (χ2n) is 9.20. The van der Waals surface area contributed by atoms with Crippen LogP contribution >= 0.6 is 0 Å². The Balaban J connectivity index is 1.58. The number of carbonyl (C=O) groups excluding carboxylic acids is 1. The molecule has 174 valence electrons. The van der Waals surface area contributed by atoms with Gasteiger partial charge >= 0.3 is 0 Å². The zero-order valence-corrected chi connectivity index (χ0v) is 20.1. The molecule has 3 rings (SSSR count). The van der Waals surface area contributed by atoms with Crippen molar-refractivity contribution >= 4 is 15.9 Å². The predicted molar refractivity (Wildman–Crippen MR) is 130 cm³/mol. The molecule has 1 heterocycles. The van der Waals surface area contributed by atoms with E-state index >= 15 is 0 Å². The van der Waals surface area contributed by atoms with E-state index in [9.17, 15) is 13.2 Å². The maximum absolute atomic E-state index is 13.1. The molecule has 0 saturated carbocycles. The van der Waals surface area contributed by atoms with Crippen LogP contribution in [-0.4, -0.2) is 37.5 Å². The minimum Gasteiger partial charge on any atom is -0.349 e. The second-order valence-corrected chi connectivity index (χ2v) is 11.3. The van der Waals surface area contributed by atoms with Crippen molar-refractivity contribution in [3.8, 4) is 0 Å². The van der Waals surface area contributed by atoms with E-state index in [4.69, 9.17) is 0 Å². The van der Waals surface area contributed by atoms with Crippen LogP contribution in [0.5, 0.6) is 0 Å². The fraction of sp³-hybridized carbons (Fsp3) is 0.500. The Morgan fingerprint density at radius 2 is 1.72 bits per heavy atom. The van der Waals surface area contributed by atoms with Crippen molar-refractivity contribution in [2.45, 2.75) is 52.0 Å². The number of carbonyl (C=O) groups is 1. The van der Waals surface area contributed by atoms with Gasteiger partial charge in [0.25, 0.3) is 0 Å². The first-order valence-corrected chi connectivity index (χ1v) is 13.3. The zero-order valence-electron chi connectivity index (χ0n) is 19.2. The van der Waals surface area contributed by atoms with E-state index < -0.39 is 10.0 Å². The van der Waals surface area contributed by atoms with E-state index in [1.165, 1.54) is 4.31 Å². The number of rotatable bonds is 10. The molecule has 2 aromatic rings. The summed E-state index contributed by atoms with van der Waals surface area (Å²) in [5.41, 5.74) is 2.24. The molecule has 0 radical (unpaired) electrons. The molecule has 2 aromatic carbocycles. The van der Waals surface area contributed by atoms with Gasteiger partial charge in [-0.15, -0.1) is 0 Å². The monoisotopic (exact) mass is 456 g/mol. The fourth-order valence-corrected chi connectivity index (χ4v) is 5.95. The second kappa shape index (κ2) is 11.6. The van der Waals surface area contributed by atoms with Gasteiger partial charge in [-0.25, -0.2) is 12.7 Å². The summed E-state index contributed by atoms with van der Waals surface area (Å²) in [4.78, 5) is 13.1.